The van der Waals surface area contributed by atoms with Crippen LogP contribution in [-0.2, 0) is 10.0 Å². The van der Waals surface area contributed by atoms with Gasteiger partial charge in [-0.3, -0.25) is 0 Å². The first-order chi connectivity index (χ1) is 8.23. The minimum Gasteiger partial charge on any atom is -0.477 e. The Balaban J connectivity index is 3.38. The molecular formula is C10H16N2O5S. The smallest absolute Gasteiger partial charge is 0.352 e. The summed E-state index contributed by atoms with van der Waals surface area (Å²) in [7, 11) is -2.47. The lowest BCUT2D eigenvalue weighted by molar-refractivity contribution is 0.0690. The average molecular weight is 276 g/mol. The molecule has 18 heavy (non-hydrogen) atoms. The predicted molar refractivity (Wildman–Crippen MR) is 64.1 cm³/mol. The summed E-state index contributed by atoms with van der Waals surface area (Å²) in [4.78, 5) is 13.4. The van der Waals surface area contributed by atoms with E-state index in [0.717, 1.165) is 4.31 Å². The van der Waals surface area contributed by atoms with Gasteiger partial charge in [0.1, 0.15) is 10.6 Å². The number of H-pyrrole nitrogens is 1. The van der Waals surface area contributed by atoms with Crippen LogP contribution in [-0.4, -0.2) is 54.1 Å². The number of aromatic carboxylic acids is 1. The van der Waals surface area contributed by atoms with Crippen molar-refractivity contribution >= 4 is 16.0 Å². The molecule has 8 heteroatoms. The number of carbonyl (C=O) groups is 1. The van der Waals surface area contributed by atoms with Crippen LogP contribution in [0.3, 0.4) is 0 Å². The van der Waals surface area contributed by atoms with Crippen LogP contribution in [0.15, 0.2) is 4.90 Å². The van der Waals surface area contributed by atoms with Crippen LogP contribution in [0.5, 0.6) is 0 Å². The molecule has 0 bridgehead atoms. The van der Waals surface area contributed by atoms with Crippen LogP contribution in [0.1, 0.15) is 21.7 Å². The molecule has 0 saturated carbocycles. The molecule has 1 rings (SSSR count). The number of nitrogens with zero attached hydrogens (tertiary/aromatic N) is 1. The maximum Gasteiger partial charge on any atom is 0.352 e. The average Bonchev–Trinajstić information content (AvgIpc) is 2.55. The minimum atomic E-state index is -3.80. The van der Waals surface area contributed by atoms with E-state index in [9.17, 15) is 13.2 Å². The molecule has 102 valence electrons. The summed E-state index contributed by atoms with van der Waals surface area (Å²) in [5.74, 6) is -1.21. The highest BCUT2D eigenvalue weighted by Gasteiger charge is 2.29. The van der Waals surface area contributed by atoms with Crippen LogP contribution < -0.4 is 0 Å². The molecule has 0 unspecified atom stereocenters. The fourth-order valence-corrected chi connectivity index (χ4v) is 3.31. The van der Waals surface area contributed by atoms with Crippen molar-refractivity contribution in [2.75, 3.05) is 20.2 Å². The Hall–Kier alpha value is -1.38. The third-order valence-electron chi connectivity index (χ3n) is 2.67. The van der Waals surface area contributed by atoms with Gasteiger partial charge in [0.2, 0.25) is 10.0 Å². The van der Waals surface area contributed by atoms with Gasteiger partial charge in [-0.15, -0.1) is 0 Å². The number of sulfonamides is 1. The third kappa shape index (κ3) is 2.40. The molecule has 7 nitrogen and oxygen atoms in total. The standard InChI is InChI=1S/C10H16N2O5S/c1-6-8(10(14)15)11-7(2)9(6)18(16,17)12(3)4-5-13/h11,13H,4-5H2,1-3H3,(H,14,15). The minimum absolute atomic E-state index is 0.0455. The second-order valence-electron chi connectivity index (χ2n) is 3.93. The second kappa shape index (κ2) is 5.09. The van der Waals surface area contributed by atoms with Gasteiger partial charge >= 0.3 is 5.97 Å². The van der Waals surface area contributed by atoms with Gasteiger partial charge < -0.3 is 15.2 Å². The molecule has 0 fully saturated rings. The number of aromatic nitrogens is 1. The Kier molecular flexibility index (Phi) is 4.15. The van der Waals surface area contributed by atoms with Crippen molar-refractivity contribution in [1.29, 1.82) is 0 Å². The number of aliphatic hydroxyl groups excluding tert-OH is 1. The van der Waals surface area contributed by atoms with Crippen molar-refractivity contribution in [2.45, 2.75) is 18.7 Å². The third-order valence-corrected chi connectivity index (χ3v) is 4.80. The second-order valence-corrected chi connectivity index (χ2v) is 5.92. The first-order valence-corrected chi connectivity index (χ1v) is 6.67. The molecule has 0 spiro atoms. The van der Waals surface area contributed by atoms with Crippen LogP contribution >= 0.6 is 0 Å². The van der Waals surface area contributed by atoms with Gasteiger partial charge in [0.25, 0.3) is 0 Å². The molecule has 1 aromatic rings. The highest BCUT2D eigenvalue weighted by molar-refractivity contribution is 7.89. The maximum absolute atomic E-state index is 12.2. The maximum atomic E-state index is 12.2. The van der Waals surface area contributed by atoms with E-state index in [1.165, 1.54) is 20.9 Å². The monoisotopic (exact) mass is 276 g/mol. The fourth-order valence-electron chi connectivity index (χ4n) is 1.75. The number of likely N-dealkylation sites (N-methyl/N-ethyl adjacent to an activating group) is 1. The summed E-state index contributed by atoms with van der Waals surface area (Å²) in [5.41, 5.74) is 0.308. The topological polar surface area (TPSA) is 111 Å². The SMILES string of the molecule is Cc1[nH]c(C(=O)O)c(C)c1S(=O)(=O)N(C)CCO. The summed E-state index contributed by atoms with van der Waals surface area (Å²) < 4.78 is 25.4. The number of hydrogen-bond acceptors (Lipinski definition) is 4. The number of aryl methyl sites for hydroxylation is 1. The molecule has 0 atom stereocenters. The molecule has 0 radical (unpaired) electrons. The van der Waals surface area contributed by atoms with Crippen LogP contribution in [0.4, 0.5) is 0 Å². The number of aromatic amines is 1. The first-order valence-electron chi connectivity index (χ1n) is 5.23. The van der Waals surface area contributed by atoms with E-state index < -0.39 is 16.0 Å². The van der Waals surface area contributed by atoms with E-state index in [0.29, 0.717) is 0 Å². The molecule has 1 heterocycles. The summed E-state index contributed by atoms with van der Waals surface area (Å²) >= 11 is 0. The number of aliphatic hydroxyl groups is 1. The Bertz CT molecular complexity index is 561. The fraction of sp³-hybridized carbons (Fsp3) is 0.500. The van der Waals surface area contributed by atoms with Crippen LogP contribution in [0, 0.1) is 13.8 Å². The number of nitrogens with one attached hydrogen (secondary N) is 1. The largest absolute Gasteiger partial charge is 0.477 e. The molecule has 0 aliphatic rings. The lowest BCUT2D eigenvalue weighted by atomic mass is 10.2. The van der Waals surface area contributed by atoms with E-state index in [1.807, 2.05) is 0 Å². The van der Waals surface area contributed by atoms with Gasteiger partial charge in [0, 0.05) is 24.8 Å². The molecule has 3 N–H and O–H groups in total. The van der Waals surface area contributed by atoms with E-state index in [2.05, 4.69) is 4.98 Å². The van der Waals surface area contributed by atoms with E-state index in [-0.39, 0.29) is 35.0 Å². The molecule has 0 aromatic carbocycles. The van der Waals surface area contributed by atoms with Crippen molar-refractivity contribution < 1.29 is 23.4 Å². The van der Waals surface area contributed by atoms with Crippen LogP contribution in [0.25, 0.3) is 0 Å². The Labute approximate surface area is 105 Å². The van der Waals surface area contributed by atoms with Gasteiger partial charge in [0.05, 0.1) is 6.61 Å². The normalized spacial score (nSPS) is 12.1. The lowest BCUT2D eigenvalue weighted by Gasteiger charge is -2.16. The van der Waals surface area contributed by atoms with Gasteiger partial charge in [-0.05, 0) is 13.8 Å². The van der Waals surface area contributed by atoms with Crippen molar-refractivity contribution in [3.05, 3.63) is 17.0 Å². The molecule has 0 saturated heterocycles. The molecule has 0 aliphatic heterocycles. The van der Waals surface area contributed by atoms with Crippen molar-refractivity contribution in [3.63, 3.8) is 0 Å². The zero-order valence-corrected chi connectivity index (χ0v) is 11.2. The number of rotatable bonds is 5. The quantitative estimate of drug-likeness (QED) is 0.698. The number of carboxylic acids is 1. The predicted octanol–water partition coefficient (Wildman–Crippen LogP) is -0.0575. The zero-order chi connectivity index (χ0) is 14.1. The van der Waals surface area contributed by atoms with Gasteiger partial charge in [-0.25, -0.2) is 13.2 Å². The summed E-state index contributed by atoms with van der Waals surface area (Å²) in [6, 6.07) is 0. The molecular weight excluding hydrogens is 260 g/mol. The van der Waals surface area contributed by atoms with Crippen molar-refractivity contribution in [2.24, 2.45) is 0 Å². The van der Waals surface area contributed by atoms with Crippen LogP contribution in [0.2, 0.25) is 0 Å². The van der Waals surface area contributed by atoms with E-state index in [1.54, 1.807) is 0 Å². The van der Waals surface area contributed by atoms with Gasteiger partial charge in [0.15, 0.2) is 0 Å². The van der Waals surface area contributed by atoms with E-state index >= 15 is 0 Å². The van der Waals surface area contributed by atoms with Gasteiger partial charge in [-0.2, -0.15) is 4.31 Å². The first kappa shape index (κ1) is 14.7. The Morgan fingerprint density at radius 1 is 1.39 bits per heavy atom. The Morgan fingerprint density at radius 2 is 1.94 bits per heavy atom. The highest BCUT2D eigenvalue weighted by atomic mass is 32.2. The summed E-state index contributed by atoms with van der Waals surface area (Å²) in [5, 5.41) is 17.7. The molecule has 0 amide bonds. The molecule has 1 aromatic heterocycles. The van der Waals surface area contributed by atoms with Gasteiger partial charge in [-0.1, -0.05) is 0 Å². The van der Waals surface area contributed by atoms with E-state index in [4.69, 9.17) is 10.2 Å². The number of carboxylic acid groups (broad SMARTS) is 1. The summed E-state index contributed by atoms with van der Waals surface area (Å²) in [6.45, 7) is 2.59. The number of hydrogen-bond donors (Lipinski definition) is 3. The van der Waals surface area contributed by atoms with Crippen molar-refractivity contribution in [1.82, 2.24) is 9.29 Å². The molecule has 0 aliphatic carbocycles. The Morgan fingerprint density at radius 3 is 2.33 bits per heavy atom. The zero-order valence-electron chi connectivity index (χ0n) is 10.4. The van der Waals surface area contributed by atoms with Crippen molar-refractivity contribution in [3.8, 4) is 0 Å². The highest BCUT2D eigenvalue weighted by Crippen LogP contribution is 2.25. The summed E-state index contributed by atoms with van der Waals surface area (Å²) in [6.07, 6.45) is 0. The lowest BCUT2D eigenvalue weighted by Crippen LogP contribution is -2.30.